The van der Waals surface area contributed by atoms with Crippen LogP contribution in [0.25, 0.3) is 0 Å². The molecule has 0 amide bonds. The molecule has 0 saturated carbocycles. The van der Waals surface area contributed by atoms with E-state index in [1.807, 2.05) is 6.92 Å². The van der Waals surface area contributed by atoms with Gasteiger partial charge < -0.3 is 5.73 Å². The molecule has 6 heteroatoms. The molecule has 86 valence electrons. The van der Waals surface area contributed by atoms with Crippen LogP contribution in [0.3, 0.4) is 0 Å². The van der Waals surface area contributed by atoms with Gasteiger partial charge in [0.05, 0.1) is 0 Å². The maximum absolute atomic E-state index is 11.3. The summed E-state index contributed by atoms with van der Waals surface area (Å²) in [5, 5.41) is 0. The fraction of sp³-hybridized carbons (Fsp3) is 1.00. The molecule has 1 atom stereocenters. The predicted octanol–water partition coefficient (Wildman–Crippen LogP) is -0.196. The number of rotatable bonds is 7. The molecule has 0 spiro atoms. The molecule has 0 aromatic rings. The van der Waals surface area contributed by atoms with Crippen molar-refractivity contribution in [3.05, 3.63) is 0 Å². The normalized spacial score (nSPS) is 14.6. The van der Waals surface area contributed by atoms with Crippen LogP contribution >= 0.6 is 0 Å². The quantitative estimate of drug-likeness (QED) is 0.559. The van der Waals surface area contributed by atoms with Gasteiger partial charge in [0.1, 0.15) is 0 Å². The van der Waals surface area contributed by atoms with Gasteiger partial charge in [-0.15, -0.1) is 0 Å². The third kappa shape index (κ3) is 7.25. The molecular weight excluding hydrogens is 202 g/mol. The highest BCUT2D eigenvalue weighted by atomic mass is 32.2. The van der Waals surface area contributed by atoms with Crippen molar-refractivity contribution in [2.45, 2.75) is 33.2 Å². The fourth-order valence-electron chi connectivity index (χ4n) is 0.991. The Morgan fingerprint density at radius 3 is 2.29 bits per heavy atom. The molecule has 14 heavy (non-hydrogen) atoms. The van der Waals surface area contributed by atoms with E-state index in [0.29, 0.717) is 13.1 Å². The zero-order valence-electron chi connectivity index (χ0n) is 9.08. The Labute approximate surface area is 86.6 Å². The zero-order chi connectivity index (χ0) is 11.2. The van der Waals surface area contributed by atoms with E-state index in [1.54, 1.807) is 13.8 Å². The van der Waals surface area contributed by atoms with Crippen LogP contribution in [-0.4, -0.2) is 27.5 Å². The van der Waals surface area contributed by atoms with E-state index in [1.165, 1.54) is 0 Å². The van der Waals surface area contributed by atoms with Crippen LogP contribution in [-0.2, 0) is 10.2 Å². The molecule has 0 fully saturated rings. The van der Waals surface area contributed by atoms with Gasteiger partial charge in [-0.3, -0.25) is 0 Å². The van der Waals surface area contributed by atoms with E-state index in [4.69, 9.17) is 5.73 Å². The first-order valence-corrected chi connectivity index (χ1v) is 6.32. The van der Waals surface area contributed by atoms with Crippen LogP contribution in [0.4, 0.5) is 0 Å². The van der Waals surface area contributed by atoms with Gasteiger partial charge in [0.15, 0.2) is 0 Å². The Balaban J connectivity index is 3.87. The first kappa shape index (κ1) is 13.8. The predicted molar refractivity (Wildman–Crippen MR) is 58.0 cm³/mol. The molecule has 0 saturated heterocycles. The Kier molecular flexibility index (Phi) is 6.26. The van der Waals surface area contributed by atoms with Crippen molar-refractivity contribution < 1.29 is 8.42 Å². The summed E-state index contributed by atoms with van der Waals surface area (Å²) in [6, 6.07) is -0.0858. The third-order valence-corrected chi connectivity index (χ3v) is 3.00. The van der Waals surface area contributed by atoms with Gasteiger partial charge in [-0.25, -0.2) is 4.72 Å². The summed E-state index contributed by atoms with van der Waals surface area (Å²) in [6.07, 6.45) is 0.824. The third-order valence-electron chi connectivity index (χ3n) is 1.67. The van der Waals surface area contributed by atoms with Gasteiger partial charge in [-0.1, -0.05) is 6.92 Å². The highest BCUT2D eigenvalue weighted by molar-refractivity contribution is 7.87. The number of hydrogen-bond donors (Lipinski definition) is 3. The minimum absolute atomic E-state index is 0.0858. The lowest BCUT2D eigenvalue weighted by atomic mass is 10.1. The number of nitrogens with two attached hydrogens (primary N) is 1. The summed E-state index contributed by atoms with van der Waals surface area (Å²) in [7, 11) is -3.34. The first-order chi connectivity index (χ1) is 6.37. The molecule has 5 nitrogen and oxygen atoms in total. The smallest absolute Gasteiger partial charge is 0.277 e. The minimum atomic E-state index is -3.34. The van der Waals surface area contributed by atoms with E-state index in [2.05, 4.69) is 9.44 Å². The van der Waals surface area contributed by atoms with Gasteiger partial charge >= 0.3 is 0 Å². The number of nitrogens with one attached hydrogen (secondary N) is 2. The molecule has 0 aliphatic heterocycles. The van der Waals surface area contributed by atoms with E-state index >= 15 is 0 Å². The van der Waals surface area contributed by atoms with Crippen molar-refractivity contribution in [2.24, 2.45) is 11.7 Å². The van der Waals surface area contributed by atoms with E-state index in [-0.39, 0.29) is 12.0 Å². The largest absolute Gasteiger partial charge is 0.330 e. The molecule has 0 aromatic heterocycles. The molecule has 0 aliphatic rings. The van der Waals surface area contributed by atoms with Crippen molar-refractivity contribution in [2.75, 3.05) is 13.1 Å². The molecule has 0 radical (unpaired) electrons. The van der Waals surface area contributed by atoms with Crippen LogP contribution in [0.5, 0.6) is 0 Å². The van der Waals surface area contributed by atoms with E-state index in [0.717, 1.165) is 6.42 Å². The molecule has 1 unspecified atom stereocenters. The van der Waals surface area contributed by atoms with Gasteiger partial charge in [0, 0.05) is 12.6 Å². The lowest BCUT2D eigenvalue weighted by Crippen LogP contribution is -2.42. The topological polar surface area (TPSA) is 84.2 Å². The Morgan fingerprint density at radius 1 is 1.29 bits per heavy atom. The van der Waals surface area contributed by atoms with Gasteiger partial charge in [-0.2, -0.15) is 13.1 Å². The summed E-state index contributed by atoms with van der Waals surface area (Å²) < 4.78 is 27.5. The Hall–Kier alpha value is -0.170. The highest BCUT2D eigenvalue weighted by Crippen LogP contribution is 1.98. The molecule has 0 aliphatic carbocycles. The van der Waals surface area contributed by atoms with Crippen LogP contribution < -0.4 is 15.2 Å². The zero-order valence-corrected chi connectivity index (χ0v) is 9.89. The maximum Gasteiger partial charge on any atom is 0.277 e. The van der Waals surface area contributed by atoms with Crippen molar-refractivity contribution in [3.8, 4) is 0 Å². The van der Waals surface area contributed by atoms with E-state index in [9.17, 15) is 8.42 Å². The van der Waals surface area contributed by atoms with Crippen molar-refractivity contribution >= 4 is 10.2 Å². The minimum Gasteiger partial charge on any atom is -0.330 e. The molecule has 0 bridgehead atoms. The highest BCUT2D eigenvalue weighted by Gasteiger charge is 2.11. The SMILES string of the molecule is CC(CCN)CNS(=O)(=O)NC(C)C. The monoisotopic (exact) mass is 223 g/mol. The van der Waals surface area contributed by atoms with Gasteiger partial charge in [-0.05, 0) is 32.7 Å². The standard InChI is InChI=1S/C8H21N3O2S/c1-7(2)11-14(12,13)10-6-8(3)4-5-9/h7-8,10-11H,4-6,9H2,1-3H3. The average molecular weight is 223 g/mol. The number of hydrogen-bond acceptors (Lipinski definition) is 3. The molecular formula is C8H21N3O2S. The second-order valence-corrected chi connectivity index (χ2v) is 5.34. The summed E-state index contributed by atoms with van der Waals surface area (Å²) in [5.41, 5.74) is 5.36. The van der Waals surface area contributed by atoms with Gasteiger partial charge in [0.25, 0.3) is 10.2 Å². The van der Waals surface area contributed by atoms with Crippen LogP contribution in [0.15, 0.2) is 0 Å². The molecule has 0 aromatic carbocycles. The maximum atomic E-state index is 11.3. The molecule has 0 rings (SSSR count). The lowest BCUT2D eigenvalue weighted by Gasteiger charge is -2.13. The van der Waals surface area contributed by atoms with Crippen LogP contribution in [0.2, 0.25) is 0 Å². The molecule has 4 N–H and O–H groups in total. The van der Waals surface area contributed by atoms with Crippen LogP contribution in [0.1, 0.15) is 27.2 Å². The average Bonchev–Trinajstić information content (AvgIpc) is 1.99. The second kappa shape index (κ2) is 6.34. The van der Waals surface area contributed by atoms with Crippen LogP contribution in [0, 0.1) is 5.92 Å². The summed E-state index contributed by atoms with van der Waals surface area (Å²) in [5.74, 6) is 0.267. The van der Waals surface area contributed by atoms with Crippen molar-refractivity contribution in [1.29, 1.82) is 0 Å². The Morgan fingerprint density at radius 2 is 1.86 bits per heavy atom. The summed E-state index contributed by atoms with van der Waals surface area (Å²) in [6.45, 7) is 6.54. The lowest BCUT2D eigenvalue weighted by molar-refractivity contribution is 0.506. The van der Waals surface area contributed by atoms with Crippen molar-refractivity contribution in [1.82, 2.24) is 9.44 Å². The van der Waals surface area contributed by atoms with Gasteiger partial charge in [0.2, 0.25) is 0 Å². The first-order valence-electron chi connectivity index (χ1n) is 4.84. The summed E-state index contributed by atoms with van der Waals surface area (Å²) in [4.78, 5) is 0. The second-order valence-electron chi connectivity index (χ2n) is 3.81. The fourth-order valence-corrected chi connectivity index (χ4v) is 2.20. The molecule has 0 heterocycles. The van der Waals surface area contributed by atoms with Crippen molar-refractivity contribution in [3.63, 3.8) is 0 Å². The Bertz CT molecular complexity index is 239. The summed E-state index contributed by atoms with van der Waals surface area (Å²) >= 11 is 0. The van der Waals surface area contributed by atoms with E-state index < -0.39 is 10.2 Å².